The van der Waals surface area contributed by atoms with Gasteiger partial charge in [0.1, 0.15) is 0 Å². The number of pyridine rings is 1. The minimum Gasteiger partial charge on any atom is -0.256 e. The molecule has 0 atom stereocenters. The normalized spacial score (nSPS) is 12.8. The molecule has 3 nitrogen and oxygen atoms in total. The Morgan fingerprint density at radius 3 is 2.87 bits per heavy atom. The molecule has 1 heterocycles. The molecule has 15 heavy (non-hydrogen) atoms. The summed E-state index contributed by atoms with van der Waals surface area (Å²) in [5, 5.41) is 0.701. The van der Waals surface area contributed by atoms with Gasteiger partial charge in [0.15, 0.2) is 9.84 Å². The highest BCUT2D eigenvalue weighted by Gasteiger charge is 2.09. The Labute approximate surface area is 94.0 Å². The number of hydrogen-bond acceptors (Lipinski definition) is 3. The van der Waals surface area contributed by atoms with Gasteiger partial charge in [-0.1, -0.05) is 11.6 Å². The van der Waals surface area contributed by atoms with E-state index in [4.69, 9.17) is 13.0 Å². The minimum absolute atomic E-state index is 0.0832. The minimum atomic E-state index is -3.27. The highest BCUT2D eigenvalue weighted by molar-refractivity contribution is 7.90. The van der Waals surface area contributed by atoms with E-state index in [2.05, 4.69) is 4.98 Å². The molecule has 1 aromatic carbocycles. The van der Waals surface area contributed by atoms with Gasteiger partial charge in [-0.15, -0.1) is 0 Å². The van der Waals surface area contributed by atoms with E-state index in [0.29, 0.717) is 10.9 Å². The molecular weight excluding hydrogens is 234 g/mol. The zero-order chi connectivity index (χ0) is 11.9. The third-order valence-electron chi connectivity index (χ3n) is 2.03. The number of nitrogens with zero attached hydrogens (tertiary/aromatic N) is 1. The van der Waals surface area contributed by atoms with Crippen molar-refractivity contribution < 1.29 is 9.79 Å². The van der Waals surface area contributed by atoms with Crippen LogP contribution in [0.4, 0.5) is 0 Å². The Bertz CT molecular complexity index is 670. The van der Waals surface area contributed by atoms with Gasteiger partial charge in [0.2, 0.25) is 0 Å². The second-order valence-electron chi connectivity index (χ2n) is 3.17. The lowest BCUT2D eigenvalue weighted by Crippen LogP contribution is -1.96. The van der Waals surface area contributed by atoms with Crippen LogP contribution in [0.3, 0.4) is 0 Å². The molecule has 0 aliphatic carbocycles. The van der Waals surface area contributed by atoms with Crippen LogP contribution in [0.1, 0.15) is 1.37 Å². The number of hydrogen-bond donors (Lipinski definition) is 0. The summed E-state index contributed by atoms with van der Waals surface area (Å²) in [4.78, 5) is 4.17. The Kier molecular flexibility index (Phi) is 2.11. The first-order valence-electron chi connectivity index (χ1n) is 4.64. The molecule has 0 saturated carbocycles. The third-order valence-corrected chi connectivity index (χ3v) is 3.45. The quantitative estimate of drug-likeness (QED) is 0.771. The van der Waals surface area contributed by atoms with Crippen LogP contribution in [-0.4, -0.2) is 19.7 Å². The molecule has 0 saturated heterocycles. The standard InChI is InChI=1S/C10H8ClNO2S/c1-15(13,14)7-2-3-10-8(6-7)9(11)4-5-12-10/h2-6H,1H3/i4D. The fraction of sp³-hybridized carbons (Fsp3) is 0.100. The molecule has 0 unspecified atom stereocenters. The van der Waals surface area contributed by atoms with Crippen LogP contribution in [0, 0.1) is 0 Å². The topological polar surface area (TPSA) is 47.0 Å². The van der Waals surface area contributed by atoms with Gasteiger partial charge in [-0.3, -0.25) is 4.98 Å². The van der Waals surface area contributed by atoms with Crippen molar-refractivity contribution in [1.29, 1.82) is 0 Å². The highest BCUT2D eigenvalue weighted by Crippen LogP contribution is 2.24. The fourth-order valence-corrected chi connectivity index (χ4v) is 2.12. The van der Waals surface area contributed by atoms with Crippen LogP contribution >= 0.6 is 11.6 Å². The number of fused-ring (bicyclic) bond motifs is 1. The summed E-state index contributed by atoms with van der Waals surface area (Å²) in [7, 11) is -3.27. The Morgan fingerprint density at radius 2 is 2.20 bits per heavy atom. The van der Waals surface area contributed by atoms with Gasteiger partial charge in [0.05, 0.1) is 16.8 Å². The number of aromatic nitrogens is 1. The number of benzene rings is 1. The lowest BCUT2D eigenvalue weighted by atomic mass is 10.2. The SMILES string of the molecule is [2H]c1cnc2ccc(S(C)(=O)=O)cc2c1Cl. The van der Waals surface area contributed by atoms with E-state index < -0.39 is 9.84 Å². The molecule has 0 fully saturated rings. The molecule has 0 N–H and O–H groups in total. The lowest BCUT2D eigenvalue weighted by Gasteiger charge is -2.02. The zero-order valence-electron chi connectivity index (χ0n) is 8.86. The zero-order valence-corrected chi connectivity index (χ0v) is 9.43. The fourth-order valence-electron chi connectivity index (χ4n) is 1.27. The van der Waals surface area contributed by atoms with E-state index in [1.54, 1.807) is 6.07 Å². The van der Waals surface area contributed by atoms with Gasteiger partial charge in [0, 0.05) is 17.8 Å². The first kappa shape index (κ1) is 9.12. The molecule has 0 amide bonds. The van der Waals surface area contributed by atoms with Crippen LogP contribution in [0.2, 0.25) is 5.02 Å². The molecular formula is C10H8ClNO2S. The van der Waals surface area contributed by atoms with Crippen molar-refractivity contribution >= 4 is 32.3 Å². The van der Waals surface area contributed by atoms with Crippen molar-refractivity contribution in [3.05, 3.63) is 35.5 Å². The smallest absolute Gasteiger partial charge is 0.175 e. The van der Waals surface area contributed by atoms with Crippen LogP contribution in [0.5, 0.6) is 0 Å². The maximum Gasteiger partial charge on any atom is 0.175 e. The molecule has 5 heteroatoms. The van der Waals surface area contributed by atoms with Crippen molar-refractivity contribution in [3.63, 3.8) is 0 Å². The molecule has 0 bridgehead atoms. The first-order chi connectivity index (χ1) is 7.39. The molecule has 0 radical (unpaired) electrons. The highest BCUT2D eigenvalue weighted by atomic mass is 35.5. The van der Waals surface area contributed by atoms with Gasteiger partial charge in [-0.2, -0.15) is 0 Å². The molecule has 78 valence electrons. The summed E-state index contributed by atoms with van der Waals surface area (Å²) in [5.41, 5.74) is 0.577. The average molecular weight is 243 g/mol. The predicted molar refractivity (Wildman–Crippen MR) is 59.9 cm³/mol. The molecule has 2 aromatic rings. The Balaban J connectivity index is 2.84. The van der Waals surface area contributed by atoms with Crippen molar-refractivity contribution in [2.45, 2.75) is 4.90 Å². The number of sulfone groups is 1. The van der Waals surface area contributed by atoms with Gasteiger partial charge in [0.25, 0.3) is 0 Å². The van der Waals surface area contributed by atoms with Gasteiger partial charge < -0.3 is 0 Å². The maximum atomic E-state index is 11.4. The second kappa shape index (κ2) is 3.47. The summed E-state index contributed by atoms with van der Waals surface area (Å²) in [6.07, 6.45) is 2.46. The Hall–Kier alpha value is -1.13. The van der Waals surface area contributed by atoms with Crippen LogP contribution in [-0.2, 0) is 9.84 Å². The van der Waals surface area contributed by atoms with Crippen molar-refractivity contribution in [2.24, 2.45) is 0 Å². The van der Waals surface area contributed by atoms with Gasteiger partial charge in [-0.25, -0.2) is 8.42 Å². The van der Waals surface area contributed by atoms with E-state index >= 15 is 0 Å². The summed E-state index contributed by atoms with van der Waals surface area (Å²) < 4.78 is 30.2. The number of rotatable bonds is 1. The van der Waals surface area contributed by atoms with E-state index in [1.807, 2.05) is 0 Å². The van der Waals surface area contributed by atoms with E-state index in [-0.39, 0.29) is 16.0 Å². The summed E-state index contributed by atoms with van der Waals surface area (Å²) in [6, 6.07) is 4.58. The predicted octanol–water partition coefficient (Wildman–Crippen LogP) is 2.29. The molecule has 0 aliphatic heterocycles. The van der Waals surface area contributed by atoms with Crippen molar-refractivity contribution in [1.82, 2.24) is 4.98 Å². The monoisotopic (exact) mass is 242 g/mol. The van der Waals surface area contributed by atoms with E-state index in [0.717, 1.165) is 6.26 Å². The van der Waals surface area contributed by atoms with Crippen LogP contribution in [0.25, 0.3) is 10.9 Å². The third kappa shape index (κ3) is 1.96. The molecule has 0 aliphatic rings. The maximum absolute atomic E-state index is 11.4. The molecule has 2 rings (SSSR count). The van der Waals surface area contributed by atoms with Crippen molar-refractivity contribution in [3.8, 4) is 0 Å². The van der Waals surface area contributed by atoms with Crippen LogP contribution < -0.4 is 0 Å². The van der Waals surface area contributed by atoms with E-state index in [9.17, 15) is 8.42 Å². The van der Waals surface area contributed by atoms with E-state index in [1.165, 1.54) is 18.3 Å². The van der Waals surface area contributed by atoms with Gasteiger partial charge >= 0.3 is 0 Å². The average Bonchev–Trinajstić information content (AvgIpc) is 2.22. The van der Waals surface area contributed by atoms with Crippen molar-refractivity contribution in [2.75, 3.05) is 6.26 Å². The first-order valence-corrected chi connectivity index (χ1v) is 6.41. The molecule has 1 aromatic heterocycles. The summed E-state index contributed by atoms with van der Waals surface area (Å²) in [5.74, 6) is 0. The number of halogens is 1. The summed E-state index contributed by atoms with van der Waals surface area (Å²) in [6.45, 7) is 0. The Morgan fingerprint density at radius 1 is 1.47 bits per heavy atom. The van der Waals surface area contributed by atoms with Crippen LogP contribution in [0.15, 0.2) is 35.3 Å². The van der Waals surface area contributed by atoms with Gasteiger partial charge in [-0.05, 0) is 24.2 Å². The summed E-state index contributed by atoms with van der Waals surface area (Å²) >= 11 is 5.93. The largest absolute Gasteiger partial charge is 0.256 e. The molecule has 0 spiro atoms. The lowest BCUT2D eigenvalue weighted by molar-refractivity contribution is 0.602. The second-order valence-corrected chi connectivity index (χ2v) is 5.56.